The van der Waals surface area contributed by atoms with E-state index in [9.17, 15) is 0 Å². The second kappa shape index (κ2) is 6.95. The molecule has 21 heavy (non-hydrogen) atoms. The summed E-state index contributed by atoms with van der Waals surface area (Å²) in [5.74, 6) is 0. The molecule has 0 fully saturated rings. The van der Waals surface area contributed by atoms with Crippen LogP contribution < -0.4 is 5.32 Å². The van der Waals surface area contributed by atoms with E-state index in [1.54, 1.807) is 0 Å². The third kappa shape index (κ3) is 3.50. The first-order valence-corrected chi connectivity index (χ1v) is 8.30. The SMILES string of the molecule is CCn1nc(C)c(Cl)c1CC(NC)c1ccc(C)cc1Br. The van der Waals surface area contributed by atoms with Crippen LogP contribution in [0.4, 0.5) is 0 Å². The molecular weight excluding hydrogens is 350 g/mol. The van der Waals surface area contributed by atoms with Crippen molar-refractivity contribution in [3.05, 3.63) is 50.2 Å². The Morgan fingerprint density at radius 2 is 2.10 bits per heavy atom. The highest BCUT2D eigenvalue weighted by molar-refractivity contribution is 9.10. The molecular formula is C16H21BrClN3. The fourth-order valence-corrected chi connectivity index (χ4v) is 3.52. The molecule has 1 aromatic heterocycles. The van der Waals surface area contributed by atoms with Crippen molar-refractivity contribution in [2.75, 3.05) is 7.05 Å². The van der Waals surface area contributed by atoms with E-state index in [2.05, 4.69) is 58.4 Å². The van der Waals surface area contributed by atoms with Crippen molar-refractivity contribution in [1.29, 1.82) is 0 Å². The molecule has 1 heterocycles. The van der Waals surface area contributed by atoms with Crippen LogP contribution in [0.2, 0.25) is 5.02 Å². The van der Waals surface area contributed by atoms with Crippen LogP contribution in [0.1, 0.15) is 35.5 Å². The molecule has 0 aliphatic heterocycles. The zero-order valence-electron chi connectivity index (χ0n) is 12.9. The summed E-state index contributed by atoms with van der Waals surface area (Å²) >= 11 is 10.1. The number of rotatable bonds is 5. The third-order valence-corrected chi connectivity index (χ3v) is 4.91. The summed E-state index contributed by atoms with van der Waals surface area (Å²) in [5, 5.41) is 8.65. The number of aryl methyl sites for hydroxylation is 3. The lowest BCUT2D eigenvalue weighted by molar-refractivity contribution is 0.539. The number of halogens is 2. The van der Waals surface area contributed by atoms with Crippen LogP contribution in [0.5, 0.6) is 0 Å². The number of hydrogen-bond acceptors (Lipinski definition) is 2. The fourth-order valence-electron chi connectivity index (χ4n) is 2.54. The standard InChI is InChI=1S/C16H21BrClN3/c1-5-21-15(16(18)11(3)20-21)9-14(19-4)12-7-6-10(2)8-13(12)17/h6-8,14,19H,5,9H2,1-4H3. The molecule has 1 unspecified atom stereocenters. The maximum Gasteiger partial charge on any atom is 0.0847 e. The lowest BCUT2D eigenvalue weighted by Crippen LogP contribution is -2.21. The monoisotopic (exact) mass is 369 g/mol. The van der Waals surface area contributed by atoms with Crippen molar-refractivity contribution in [1.82, 2.24) is 15.1 Å². The van der Waals surface area contributed by atoms with Gasteiger partial charge in [-0.1, -0.05) is 39.7 Å². The summed E-state index contributed by atoms with van der Waals surface area (Å²) in [7, 11) is 1.98. The number of benzene rings is 1. The lowest BCUT2D eigenvalue weighted by Gasteiger charge is -2.19. The quantitative estimate of drug-likeness (QED) is 0.843. The minimum atomic E-state index is 0.193. The predicted molar refractivity (Wildman–Crippen MR) is 92.0 cm³/mol. The molecule has 1 N–H and O–H groups in total. The Kier molecular flexibility index (Phi) is 5.47. The lowest BCUT2D eigenvalue weighted by atomic mass is 10.0. The number of nitrogens with zero attached hydrogens (tertiary/aromatic N) is 2. The predicted octanol–water partition coefficient (Wildman–Crippen LogP) is 4.44. The van der Waals surface area contributed by atoms with Crippen LogP contribution in [-0.2, 0) is 13.0 Å². The van der Waals surface area contributed by atoms with Gasteiger partial charge in [0.15, 0.2) is 0 Å². The van der Waals surface area contributed by atoms with E-state index in [0.29, 0.717) is 0 Å². The van der Waals surface area contributed by atoms with Gasteiger partial charge in [0.2, 0.25) is 0 Å². The highest BCUT2D eigenvalue weighted by Crippen LogP contribution is 2.30. The second-order valence-corrected chi connectivity index (χ2v) is 6.46. The van der Waals surface area contributed by atoms with Gasteiger partial charge in [0, 0.05) is 23.5 Å². The van der Waals surface area contributed by atoms with Gasteiger partial charge in [-0.05, 0) is 45.0 Å². The van der Waals surface area contributed by atoms with Crippen molar-refractivity contribution >= 4 is 27.5 Å². The van der Waals surface area contributed by atoms with Gasteiger partial charge in [-0.25, -0.2) is 0 Å². The Labute approximate surface area is 139 Å². The molecule has 0 bridgehead atoms. The molecule has 3 nitrogen and oxygen atoms in total. The van der Waals surface area contributed by atoms with Gasteiger partial charge in [-0.15, -0.1) is 0 Å². The summed E-state index contributed by atoms with van der Waals surface area (Å²) in [4.78, 5) is 0. The van der Waals surface area contributed by atoms with Gasteiger partial charge in [-0.2, -0.15) is 5.10 Å². The molecule has 2 aromatic rings. The van der Waals surface area contributed by atoms with Gasteiger partial charge in [-0.3, -0.25) is 4.68 Å². The Balaban J connectivity index is 2.35. The van der Waals surface area contributed by atoms with Gasteiger partial charge in [0.25, 0.3) is 0 Å². The second-order valence-electron chi connectivity index (χ2n) is 5.23. The van der Waals surface area contributed by atoms with Crippen LogP contribution in [0.15, 0.2) is 22.7 Å². The smallest absolute Gasteiger partial charge is 0.0847 e. The largest absolute Gasteiger partial charge is 0.313 e. The van der Waals surface area contributed by atoms with Crippen LogP contribution in [-0.4, -0.2) is 16.8 Å². The molecule has 1 aromatic carbocycles. The Hall–Kier alpha value is -0.840. The van der Waals surface area contributed by atoms with Gasteiger partial charge < -0.3 is 5.32 Å². The number of likely N-dealkylation sites (N-methyl/N-ethyl adjacent to an activating group) is 1. The van der Waals surface area contributed by atoms with Crippen molar-refractivity contribution < 1.29 is 0 Å². The van der Waals surface area contributed by atoms with Gasteiger partial charge in [0.1, 0.15) is 0 Å². The zero-order valence-corrected chi connectivity index (χ0v) is 15.2. The minimum absolute atomic E-state index is 0.193. The molecule has 0 aliphatic carbocycles. The highest BCUT2D eigenvalue weighted by atomic mass is 79.9. The molecule has 0 aliphatic rings. The number of hydrogen-bond donors (Lipinski definition) is 1. The van der Waals surface area contributed by atoms with E-state index in [1.165, 1.54) is 11.1 Å². The Bertz CT molecular complexity index is 637. The van der Waals surface area contributed by atoms with E-state index in [0.717, 1.165) is 33.8 Å². The zero-order chi connectivity index (χ0) is 15.6. The van der Waals surface area contributed by atoms with Crippen LogP contribution in [0.25, 0.3) is 0 Å². The first-order valence-electron chi connectivity index (χ1n) is 7.13. The van der Waals surface area contributed by atoms with Crippen molar-refractivity contribution in [2.24, 2.45) is 0 Å². The molecule has 114 valence electrons. The fraction of sp³-hybridized carbons (Fsp3) is 0.438. The van der Waals surface area contributed by atoms with Crippen molar-refractivity contribution in [3.63, 3.8) is 0 Å². The molecule has 0 radical (unpaired) electrons. The molecule has 0 saturated carbocycles. The third-order valence-electron chi connectivity index (χ3n) is 3.73. The topological polar surface area (TPSA) is 29.9 Å². The summed E-state index contributed by atoms with van der Waals surface area (Å²) < 4.78 is 3.11. The van der Waals surface area contributed by atoms with E-state index in [-0.39, 0.29) is 6.04 Å². The van der Waals surface area contributed by atoms with Crippen LogP contribution in [0.3, 0.4) is 0 Å². The first-order chi connectivity index (χ1) is 9.97. The van der Waals surface area contributed by atoms with E-state index in [4.69, 9.17) is 11.6 Å². The molecule has 0 amide bonds. The Morgan fingerprint density at radius 3 is 2.67 bits per heavy atom. The Morgan fingerprint density at radius 1 is 1.38 bits per heavy atom. The maximum atomic E-state index is 6.42. The first kappa shape index (κ1) is 16.5. The molecule has 5 heteroatoms. The summed E-state index contributed by atoms with van der Waals surface area (Å²) in [6.07, 6.45) is 0.811. The normalized spacial score (nSPS) is 12.7. The van der Waals surface area contributed by atoms with E-state index >= 15 is 0 Å². The van der Waals surface area contributed by atoms with Crippen molar-refractivity contribution in [3.8, 4) is 0 Å². The summed E-state index contributed by atoms with van der Waals surface area (Å²) in [6, 6.07) is 6.63. The number of aromatic nitrogens is 2. The van der Waals surface area contributed by atoms with Crippen LogP contribution >= 0.6 is 27.5 Å². The van der Waals surface area contributed by atoms with Crippen LogP contribution in [0, 0.1) is 13.8 Å². The van der Waals surface area contributed by atoms with Crippen molar-refractivity contribution in [2.45, 2.75) is 39.8 Å². The minimum Gasteiger partial charge on any atom is -0.313 e. The molecule has 2 rings (SSSR count). The summed E-state index contributed by atoms with van der Waals surface area (Å²) in [5.41, 5.74) is 4.46. The molecule has 0 saturated heterocycles. The average Bonchev–Trinajstić information content (AvgIpc) is 2.72. The maximum absolute atomic E-state index is 6.42. The average molecular weight is 371 g/mol. The molecule has 1 atom stereocenters. The highest BCUT2D eigenvalue weighted by Gasteiger charge is 2.19. The summed E-state index contributed by atoms with van der Waals surface area (Å²) in [6.45, 7) is 6.96. The molecule has 0 spiro atoms. The van der Waals surface area contributed by atoms with E-state index in [1.807, 2.05) is 18.7 Å². The van der Waals surface area contributed by atoms with Gasteiger partial charge >= 0.3 is 0 Å². The van der Waals surface area contributed by atoms with Gasteiger partial charge in [0.05, 0.1) is 16.4 Å². The van der Waals surface area contributed by atoms with E-state index < -0.39 is 0 Å². The number of nitrogens with one attached hydrogen (secondary N) is 1.